The molecule has 0 heterocycles. The van der Waals surface area contributed by atoms with Gasteiger partial charge in [-0.25, -0.2) is 4.39 Å². The molecule has 0 radical (unpaired) electrons. The molecule has 0 spiro atoms. The highest BCUT2D eigenvalue weighted by molar-refractivity contribution is 6.00. The van der Waals surface area contributed by atoms with E-state index in [0.29, 0.717) is 0 Å². The molecule has 0 atom stereocenters. The van der Waals surface area contributed by atoms with E-state index in [4.69, 9.17) is 5.26 Å². The molecule has 0 unspecified atom stereocenters. The molecule has 0 saturated heterocycles. The quantitative estimate of drug-likeness (QED) is 0.431. The van der Waals surface area contributed by atoms with Crippen LogP contribution in [0.1, 0.15) is 16.8 Å². The molecule has 0 N–H and O–H groups in total. The molecule has 1 aromatic rings. The van der Waals surface area contributed by atoms with Gasteiger partial charge < -0.3 is 0 Å². The van der Waals surface area contributed by atoms with Crippen LogP contribution in [0.4, 0.5) is 10.1 Å². The molecule has 0 amide bonds. The Kier molecular flexibility index (Phi) is 3.08. The van der Waals surface area contributed by atoms with Crippen LogP contribution < -0.4 is 0 Å². The lowest BCUT2D eigenvalue weighted by molar-refractivity contribution is -0.385. The van der Waals surface area contributed by atoms with Gasteiger partial charge in [-0.3, -0.25) is 14.9 Å². The first-order chi connectivity index (χ1) is 7.06. The van der Waals surface area contributed by atoms with E-state index in [-0.39, 0.29) is 5.56 Å². The van der Waals surface area contributed by atoms with Crippen molar-refractivity contribution in [3.63, 3.8) is 0 Å². The molecule has 0 aliphatic rings. The van der Waals surface area contributed by atoms with Crippen LogP contribution in [0.15, 0.2) is 18.2 Å². The summed E-state index contributed by atoms with van der Waals surface area (Å²) in [5.74, 6) is -1.51. The fourth-order valence-corrected chi connectivity index (χ4v) is 1.06. The van der Waals surface area contributed by atoms with Gasteiger partial charge in [0.2, 0.25) is 0 Å². The van der Waals surface area contributed by atoms with Gasteiger partial charge in [0.15, 0.2) is 5.78 Å². The minimum atomic E-state index is -0.788. The fourth-order valence-electron chi connectivity index (χ4n) is 1.06. The fraction of sp³-hybridized carbons (Fsp3) is 0.111. The maximum absolute atomic E-state index is 12.8. The lowest BCUT2D eigenvalue weighted by Crippen LogP contribution is -2.03. The van der Waals surface area contributed by atoms with Gasteiger partial charge in [-0.05, 0) is 12.1 Å². The Bertz CT molecular complexity index is 465. The first kappa shape index (κ1) is 10.8. The van der Waals surface area contributed by atoms with Crippen LogP contribution in [0.3, 0.4) is 0 Å². The van der Waals surface area contributed by atoms with E-state index in [9.17, 15) is 19.3 Å². The molecule has 0 aliphatic heterocycles. The molecule has 1 rings (SSSR count). The Balaban J connectivity index is 3.25. The number of hydrogen-bond donors (Lipinski definition) is 0. The third kappa shape index (κ3) is 2.34. The topological polar surface area (TPSA) is 84.0 Å². The van der Waals surface area contributed by atoms with Crippen LogP contribution in [0, 0.1) is 27.3 Å². The minimum absolute atomic E-state index is 0.374. The molecule has 15 heavy (non-hydrogen) atoms. The second-order valence-electron chi connectivity index (χ2n) is 2.68. The van der Waals surface area contributed by atoms with Crippen molar-refractivity contribution < 1.29 is 14.1 Å². The molecule has 0 bridgehead atoms. The number of hydrogen-bond acceptors (Lipinski definition) is 4. The first-order valence-corrected chi connectivity index (χ1v) is 3.90. The molecular formula is C9H5FN2O3. The van der Waals surface area contributed by atoms with Gasteiger partial charge in [-0.15, -0.1) is 0 Å². The van der Waals surface area contributed by atoms with Crippen molar-refractivity contribution in [3.8, 4) is 6.07 Å². The number of nitro groups is 1. The van der Waals surface area contributed by atoms with Crippen LogP contribution >= 0.6 is 0 Å². The molecule has 1 aromatic carbocycles. The molecule has 76 valence electrons. The summed E-state index contributed by atoms with van der Waals surface area (Å²) in [7, 11) is 0. The van der Waals surface area contributed by atoms with E-state index >= 15 is 0 Å². The Hall–Kier alpha value is -2.29. The van der Waals surface area contributed by atoms with Gasteiger partial charge in [0, 0.05) is 6.07 Å². The van der Waals surface area contributed by atoms with E-state index in [0.717, 1.165) is 18.2 Å². The SMILES string of the molecule is N#CCC(=O)c1cc(F)ccc1[N+](=O)[O-]. The zero-order valence-corrected chi connectivity index (χ0v) is 7.44. The van der Waals surface area contributed by atoms with Gasteiger partial charge in [0.25, 0.3) is 5.69 Å². The minimum Gasteiger partial charge on any atom is -0.293 e. The third-order valence-corrected chi connectivity index (χ3v) is 1.70. The highest BCUT2D eigenvalue weighted by Crippen LogP contribution is 2.20. The summed E-state index contributed by atoms with van der Waals surface area (Å²) >= 11 is 0. The Morgan fingerprint density at radius 2 is 2.27 bits per heavy atom. The van der Waals surface area contributed by atoms with Crippen LogP contribution in [-0.2, 0) is 0 Å². The zero-order valence-electron chi connectivity index (χ0n) is 7.44. The number of carbonyl (C=O) groups is 1. The number of nitro benzene ring substituents is 1. The van der Waals surface area contributed by atoms with E-state index in [2.05, 4.69) is 0 Å². The maximum atomic E-state index is 12.8. The van der Waals surface area contributed by atoms with Gasteiger partial charge in [-0.2, -0.15) is 5.26 Å². The average molecular weight is 208 g/mol. The molecule has 0 saturated carbocycles. The lowest BCUT2D eigenvalue weighted by Gasteiger charge is -1.99. The smallest absolute Gasteiger partial charge is 0.280 e. The summed E-state index contributed by atoms with van der Waals surface area (Å²) in [6.45, 7) is 0. The molecule has 0 fully saturated rings. The summed E-state index contributed by atoms with van der Waals surface area (Å²) in [5.41, 5.74) is -0.863. The summed E-state index contributed by atoms with van der Waals surface area (Å²) in [6.07, 6.45) is -0.510. The predicted octanol–water partition coefficient (Wildman–Crippen LogP) is 1.83. The highest BCUT2D eigenvalue weighted by atomic mass is 19.1. The molecule has 5 nitrogen and oxygen atoms in total. The van der Waals surface area contributed by atoms with Gasteiger partial charge >= 0.3 is 0 Å². The Morgan fingerprint density at radius 3 is 2.80 bits per heavy atom. The molecule has 6 heteroatoms. The number of benzene rings is 1. The van der Waals surface area contributed by atoms with Crippen molar-refractivity contribution >= 4 is 11.5 Å². The van der Waals surface area contributed by atoms with Gasteiger partial charge in [-0.1, -0.05) is 0 Å². The second-order valence-corrected chi connectivity index (χ2v) is 2.68. The maximum Gasteiger partial charge on any atom is 0.280 e. The molecular weight excluding hydrogens is 203 g/mol. The zero-order chi connectivity index (χ0) is 11.4. The van der Waals surface area contributed by atoms with E-state index in [1.165, 1.54) is 0 Å². The van der Waals surface area contributed by atoms with Crippen LogP contribution in [0.5, 0.6) is 0 Å². The number of nitriles is 1. The van der Waals surface area contributed by atoms with Crippen LogP contribution in [-0.4, -0.2) is 10.7 Å². The van der Waals surface area contributed by atoms with E-state index in [1.807, 2.05) is 0 Å². The van der Waals surface area contributed by atoms with Crippen molar-refractivity contribution in [1.82, 2.24) is 0 Å². The normalized spacial score (nSPS) is 9.33. The second kappa shape index (κ2) is 4.28. The van der Waals surface area contributed by atoms with E-state index in [1.54, 1.807) is 6.07 Å². The lowest BCUT2D eigenvalue weighted by atomic mass is 10.1. The average Bonchev–Trinajstić information content (AvgIpc) is 2.17. The number of nitrogens with zero attached hydrogens (tertiary/aromatic N) is 2. The summed E-state index contributed by atoms with van der Waals surface area (Å²) < 4.78 is 12.8. The highest BCUT2D eigenvalue weighted by Gasteiger charge is 2.20. The predicted molar refractivity (Wildman–Crippen MR) is 47.6 cm³/mol. The monoisotopic (exact) mass is 208 g/mol. The van der Waals surface area contributed by atoms with E-state index < -0.39 is 28.6 Å². The first-order valence-electron chi connectivity index (χ1n) is 3.90. The largest absolute Gasteiger partial charge is 0.293 e. The van der Waals surface area contributed by atoms with Crippen LogP contribution in [0.2, 0.25) is 0 Å². The molecule has 0 aromatic heterocycles. The molecule has 0 aliphatic carbocycles. The summed E-state index contributed by atoms with van der Waals surface area (Å²) in [6, 6.07) is 4.11. The van der Waals surface area contributed by atoms with Crippen molar-refractivity contribution in [1.29, 1.82) is 5.26 Å². The Morgan fingerprint density at radius 1 is 1.60 bits per heavy atom. The number of halogens is 1. The number of Topliss-reactive ketones (excluding diaryl/α,β-unsaturated/α-hetero) is 1. The van der Waals surface area contributed by atoms with Gasteiger partial charge in [0.1, 0.15) is 5.82 Å². The van der Waals surface area contributed by atoms with Crippen molar-refractivity contribution in [2.45, 2.75) is 6.42 Å². The Labute approximate surface area is 83.9 Å². The van der Waals surface area contributed by atoms with Crippen molar-refractivity contribution in [2.24, 2.45) is 0 Å². The number of ketones is 1. The number of rotatable bonds is 3. The standard InChI is InChI=1S/C9H5FN2O3/c10-6-1-2-8(12(14)15)7(5-6)9(13)3-4-11/h1-2,5H,3H2. The third-order valence-electron chi connectivity index (χ3n) is 1.70. The van der Waals surface area contributed by atoms with Gasteiger partial charge in [0.05, 0.1) is 23.0 Å². The van der Waals surface area contributed by atoms with Crippen molar-refractivity contribution in [2.75, 3.05) is 0 Å². The van der Waals surface area contributed by atoms with Crippen LogP contribution in [0.25, 0.3) is 0 Å². The summed E-state index contributed by atoms with van der Waals surface area (Å²) in [4.78, 5) is 20.9. The summed E-state index contributed by atoms with van der Waals surface area (Å²) in [5, 5.41) is 18.8. The van der Waals surface area contributed by atoms with Crippen molar-refractivity contribution in [3.05, 3.63) is 39.7 Å². The number of carbonyl (C=O) groups excluding carboxylic acids is 1.